The highest BCUT2D eigenvalue weighted by Crippen LogP contribution is 2.49. The van der Waals surface area contributed by atoms with Gasteiger partial charge < -0.3 is 73.7 Å². The maximum absolute atomic E-state index is 16.0. The number of nitrogens with zero attached hydrogens (tertiary/aromatic N) is 2. The van der Waals surface area contributed by atoms with Crippen LogP contribution in [0, 0.1) is 0 Å². The number of benzene rings is 8. The molecule has 0 heterocycles. The zero-order chi connectivity index (χ0) is 97.3. The van der Waals surface area contributed by atoms with Crippen LogP contribution in [0.5, 0.6) is 0 Å². The Morgan fingerprint density at radius 1 is 0.323 bits per heavy atom. The van der Waals surface area contributed by atoms with E-state index in [-0.39, 0.29) is 0 Å². The maximum atomic E-state index is 16.0. The third-order valence-electron chi connectivity index (χ3n) is 23.1. The molecule has 0 aliphatic heterocycles. The van der Waals surface area contributed by atoms with Gasteiger partial charge in [0, 0.05) is 43.2 Å². The molecule has 0 aromatic heterocycles. The van der Waals surface area contributed by atoms with E-state index in [0.717, 1.165) is 44.5 Å². The second-order valence-corrected chi connectivity index (χ2v) is 43.6. The van der Waals surface area contributed by atoms with Crippen LogP contribution in [0.25, 0.3) is 22.3 Å². The van der Waals surface area contributed by atoms with Gasteiger partial charge in [0.15, 0.2) is 0 Å². The third kappa shape index (κ3) is 24.5. The van der Waals surface area contributed by atoms with Crippen LogP contribution in [-0.2, 0) is 100 Å². The van der Waals surface area contributed by atoms with E-state index in [4.69, 9.17) is 38.8 Å². The van der Waals surface area contributed by atoms with E-state index in [1.165, 1.54) is 96.9 Å². The fourth-order valence-corrected chi connectivity index (χ4v) is 23.5. The summed E-state index contributed by atoms with van der Waals surface area (Å²) in [6.45, 7) is 17.3. The summed E-state index contributed by atoms with van der Waals surface area (Å²) >= 11 is 13.5. The summed E-state index contributed by atoms with van der Waals surface area (Å²) in [5, 5.41) is 30.0. The molecular formula is C97H112N14O18P2S2. The fourth-order valence-electron chi connectivity index (χ4n) is 15.5. The molecule has 10 rings (SSSR count). The van der Waals surface area contributed by atoms with E-state index in [9.17, 15) is 47.9 Å². The Bertz CT molecular complexity index is 5680. The molecule has 8 aromatic carbocycles. The fraction of sp³-hybridized carbons (Fsp3) is 0.340. The van der Waals surface area contributed by atoms with Crippen molar-refractivity contribution in [3.05, 3.63) is 241 Å². The van der Waals surface area contributed by atoms with Crippen molar-refractivity contribution in [1.29, 1.82) is 0 Å². The second-order valence-electron chi connectivity index (χ2n) is 34.1. The topological polar surface area (TPSA) is 456 Å². The lowest BCUT2D eigenvalue weighted by molar-refractivity contribution is -0.142. The highest BCUT2D eigenvalue weighted by atomic mass is 32.4. The average molecular weight is 1890 g/mol. The summed E-state index contributed by atoms with van der Waals surface area (Å²) in [5.41, 5.74) is 8.33. The number of carbonyl (C=O) groups is 16. The molecule has 700 valence electrons. The Balaban J connectivity index is 0.966. The molecule has 133 heavy (non-hydrogen) atoms. The lowest BCUT2D eigenvalue weighted by Crippen LogP contribution is -2.64. The largest absolute Gasteiger partial charge is 0.448 e. The minimum Gasteiger partial charge on any atom is -0.448 e. The van der Waals surface area contributed by atoms with Gasteiger partial charge in [-0.25, -0.2) is 19.4 Å². The molecule has 13 N–H and O–H groups in total. The predicted molar refractivity (Wildman–Crippen MR) is 512 cm³/mol. The van der Waals surface area contributed by atoms with Crippen LogP contribution < -0.4 is 85.4 Å². The van der Waals surface area contributed by atoms with Gasteiger partial charge in [0.1, 0.15) is 90.8 Å². The number of ether oxygens (including phenoxy) is 2. The Morgan fingerprint density at radius 3 is 0.835 bits per heavy atom. The Morgan fingerprint density at radius 2 is 0.556 bits per heavy atom. The first-order valence-corrected chi connectivity index (χ1v) is 49.3. The molecule has 0 spiro atoms. The first kappa shape index (κ1) is 102. The van der Waals surface area contributed by atoms with Gasteiger partial charge >= 0.3 is 12.2 Å². The number of amides is 16. The molecule has 0 fully saturated rings. The number of imide groups is 2. The van der Waals surface area contributed by atoms with Gasteiger partial charge in [0.05, 0.1) is 0 Å². The van der Waals surface area contributed by atoms with E-state index in [1.54, 1.807) is 121 Å². The monoisotopic (exact) mass is 1890 g/mol. The van der Waals surface area contributed by atoms with Crippen LogP contribution in [0.3, 0.4) is 0 Å². The lowest BCUT2D eigenvalue weighted by Gasteiger charge is -2.36. The number of carbonyl (C=O) groups excluding carboxylic acids is 16. The summed E-state index contributed by atoms with van der Waals surface area (Å²) in [6.07, 6.45) is -3.81. The minimum absolute atomic E-state index is 0.405. The van der Waals surface area contributed by atoms with E-state index < -0.39 is 222 Å². The lowest BCUT2D eigenvalue weighted by atomic mass is 9.98. The van der Waals surface area contributed by atoms with E-state index >= 15 is 28.8 Å². The van der Waals surface area contributed by atoms with Gasteiger partial charge in [-0.15, -0.1) is 0 Å². The minimum atomic E-state index is -3.48. The van der Waals surface area contributed by atoms with Crippen molar-refractivity contribution in [2.45, 2.75) is 186 Å². The van der Waals surface area contributed by atoms with Gasteiger partial charge in [-0.05, 0) is 156 Å². The van der Waals surface area contributed by atoms with Gasteiger partial charge in [-0.1, -0.05) is 242 Å². The average Bonchev–Trinajstić information content (AvgIpc) is 1.73. The zero-order valence-electron chi connectivity index (χ0n) is 76.1. The van der Waals surface area contributed by atoms with Gasteiger partial charge in [0.2, 0.25) is 70.9 Å². The van der Waals surface area contributed by atoms with E-state index in [1.807, 2.05) is 97.1 Å². The van der Waals surface area contributed by atoms with Crippen molar-refractivity contribution >= 4 is 152 Å². The van der Waals surface area contributed by atoms with Crippen molar-refractivity contribution in [3.8, 4) is 22.3 Å². The highest BCUT2D eigenvalue weighted by Gasteiger charge is 2.48. The SMILES string of the molecule is CC(=O)N[C@@H](C)C(=O)N[C@@H](C)C(=O)NC(C)(C)C(=O)N[C@@H](C)C(=O)N(C(=O)OCC1c2ccccc2-c2ccccc21)[C@H](CP(=S)(c1ccccc1)c1ccccc1)C(=O)N[C@@H](C)C(=O)N[C@@H](C)C(=O)N[C@@H](C)C(=O)N(C(=O)OCC1c2ccccc2-c2ccccc21)[C@@H](CP(=S)(c1ccccc1)c1ccccc1)C(=O)N[C@@H](C)C(=O)N[C@@H](C)C(=O)NC(C)(C)C(=O)N[C@@H](C)C(N)=O. The predicted octanol–water partition coefficient (Wildman–Crippen LogP) is 5.38. The normalized spacial score (nSPS) is 14.7. The quantitative estimate of drug-likeness (QED) is 0.0216. The maximum Gasteiger partial charge on any atom is 0.417 e. The Kier molecular flexibility index (Phi) is 33.8. The molecule has 11 atom stereocenters. The standard InChI is InChI=1S/C97H112N14O18P2S2/c1-55(81(98)113)106-92(124)96(11,12)108-87(119)61(7)102-84(116)59(5)104-88(120)79(53-130(132,65-35-19-15-20-36-65)66-37-21-16-22-38-66)110(94(126)128-51-77-73-47-31-27-43-69(73)70-44-28-32-48-74(70)77)90(122)62(8)105-85(117)57(3)100-83(115)58(4)103-89(121)80(54-131(133,67-39-23-17-24-40-67)68-41-25-18-26-42-68)111(95(127)129-52-78-75-49-33-29-45-71(75)72-46-30-34-50-76(72)78)91(123)63(9)107-93(125)97(13,14)109-86(118)60(6)101-82(114)56(2)99-64(10)112/h15-50,55-63,77-80H,51-54H2,1-14H3,(H2,98,113)(H,99,112)(H,100,115)(H,101,114)(H,102,116)(H,103,121)(H,104,120)(H,105,117)(H,106,124)(H,107,125)(H,108,119)(H,109,118)/t55-,56-,57-,58-,59-,60-,61-,62-,63-,79-,80+/m0/s1. The Labute approximate surface area is 782 Å². The van der Waals surface area contributed by atoms with Crippen LogP contribution in [0.1, 0.15) is 131 Å². The number of nitrogens with two attached hydrogens (primary N) is 1. The summed E-state index contributed by atoms with van der Waals surface area (Å²) in [5.74, 6) is -14.6. The van der Waals surface area contributed by atoms with Gasteiger partial charge in [-0.3, -0.25) is 67.1 Å². The molecule has 0 unspecified atom stereocenters. The first-order chi connectivity index (χ1) is 62.9. The van der Waals surface area contributed by atoms with Gasteiger partial charge in [-0.2, -0.15) is 0 Å². The van der Waals surface area contributed by atoms with Crippen LogP contribution >= 0.6 is 12.1 Å². The molecule has 0 radical (unpaired) electrons. The molecule has 0 saturated heterocycles. The molecule has 2 aliphatic rings. The number of primary amides is 1. The molecule has 0 bridgehead atoms. The van der Waals surface area contributed by atoms with Crippen molar-refractivity contribution in [2.75, 3.05) is 25.5 Å². The van der Waals surface area contributed by atoms with Crippen LogP contribution in [0.15, 0.2) is 218 Å². The number of rotatable bonds is 38. The highest BCUT2D eigenvalue weighted by molar-refractivity contribution is 8.22. The molecular weight excluding hydrogens is 1780 g/mol. The Hall–Kier alpha value is -13.4. The number of hydrogen-bond donors (Lipinski definition) is 12. The van der Waals surface area contributed by atoms with Crippen molar-refractivity contribution in [3.63, 3.8) is 0 Å². The number of fused-ring (bicyclic) bond motifs is 6. The van der Waals surface area contributed by atoms with Gasteiger partial charge in [0.25, 0.3) is 11.8 Å². The molecule has 8 aromatic rings. The second kappa shape index (κ2) is 44.2. The zero-order valence-corrected chi connectivity index (χ0v) is 79.6. The number of nitrogens with one attached hydrogen (secondary N) is 11. The first-order valence-electron chi connectivity index (χ1n) is 43.3. The third-order valence-corrected chi connectivity index (χ3v) is 32.8. The smallest absolute Gasteiger partial charge is 0.417 e. The molecule has 16 amide bonds. The summed E-state index contributed by atoms with van der Waals surface area (Å²) in [6, 6.07) is 40.1. The summed E-state index contributed by atoms with van der Waals surface area (Å²) < 4.78 is 12.5. The van der Waals surface area contributed by atoms with Crippen molar-refractivity contribution < 1.29 is 86.2 Å². The molecule has 36 heteroatoms. The number of hydrogen-bond acceptors (Lipinski definition) is 20. The van der Waals surface area contributed by atoms with Crippen molar-refractivity contribution in [2.24, 2.45) is 5.73 Å². The van der Waals surface area contributed by atoms with Crippen LogP contribution in [-0.4, -0.2) is 208 Å². The van der Waals surface area contributed by atoms with E-state index in [0.29, 0.717) is 31.0 Å². The molecule has 32 nitrogen and oxygen atoms in total. The van der Waals surface area contributed by atoms with E-state index in [2.05, 4.69) is 58.5 Å². The van der Waals surface area contributed by atoms with Crippen LogP contribution in [0.2, 0.25) is 0 Å². The summed E-state index contributed by atoms with van der Waals surface area (Å²) in [7, 11) is 0. The molecule has 2 aliphatic carbocycles. The van der Waals surface area contributed by atoms with Crippen LogP contribution in [0.4, 0.5) is 9.59 Å². The molecule has 0 saturated carbocycles. The summed E-state index contributed by atoms with van der Waals surface area (Å²) in [4.78, 5) is 233. The van der Waals surface area contributed by atoms with Crippen molar-refractivity contribution in [1.82, 2.24) is 68.3 Å².